The Morgan fingerprint density at radius 2 is 1.76 bits per heavy atom. The Bertz CT molecular complexity index is 1380. The van der Waals surface area contributed by atoms with E-state index in [1.807, 2.05) is 36.4 Å². The molecule has 3 aromatic carbocycles. The lowest BCUT2D eigenvalue weighted by atomic mass is 9.96. The molecule has 0 aliphatic carbocycles. The van der Waals surface area contributed by atoms with Crippen molar-refractivity contribution in [2.75, 3.05) is 13.7 Å². The minimum atomic E-state index is -0.493. The van der Waals surface area contributed by atoms with Crippen molar-refractivity contribution in [3.05, 3.63) is 102 Å². The molecule has 0 saturated carbocycles. The van der Waals surface area contributed by atoms with Crippen LogP contribution in [0.5, 0.6) is 11.5 Å². The maximum absolute atomic E-state index is 14.2. The molecule has 5 rings (SSSR count). The predicted molar refractivity (Wildman–Crippen MR) is 123 cm³/mol. The third-order valence-electron chi connectivity index (χ3n) is 5.54. The molecular formula is C27H20FNO4. The summed E-state index contributed by atoms with van der Waals surface area (Å²) >= 11 is 0. The number of halogens is 1. The number of para-hydroxylation sites is 1. The topological polar surface area (TPSA) is 57.7 Å². The number of fused-ring (bicyclic) bond motifs is 1. The Hall–Kier alpha value is -4.19. The number of hydrogen-bond donors (Lipinski definition) is 0. The molecule has 0 saturated heterocycles. The van der Waals surface area contributed by atoms with Crippen LogP contribution in [0.25, 0.3) is 22.0 Å². The largest absolute Gasteiger partial charge is 0.494 e. The molecule has 2 heterocycles. The lowest BCUT2D eigenvalue weighted by molar-refractivity contribution is -0.133. The van der Waals surface area contributed by atoms with E-state index >= 15 is 0 Å². The van der Waals surface area contributed by atoms with Gasteiger partial charge in [0.2, 0.25) is 0 Å². The second-order valence-electron chi connectivity index (χ2n) is 7.59. The van der Waals surface area contributed by atoms with Gasteiger partial charge in [-0.1, -0.05) is 42.5 Å². The van der Waals surface area contributed by atoms with Crippen molar-refractivity contribution >= 4 is 28.0 Å². The predicted octanol–water partition coefficient (Wildman–Crippen LogP) is 5.43. The highest BCUT2D eigenvalue weighted by molar-refractivity contribution is 6.27. The standard InChI is InChI=1S/C27H20FNO4/c1-31-25-13-9-19(14-23(25)28)22-16-33-27(30)26(22)18-7-11-21(12-8-18)32-15-20-10-6-17-4-2-3-5-24(17)29-20/h2-14H,15-16H2,1H3. The summed E-state index contributed by atoms with van der Waals surface area (Å²) in [7, 11) is 1.41. The van der Waals surface area contributed by atoms with Crippen molar-refractivity contribution in [2.24, 2.45) is 0 Å². The molecule has 0 fully saturated rings. The maximum Gasteiger partial charge on any atom is 0.339 e. The third-order valence-corrected chi connectivity index (χ3v) is 5.54. The Morgan fingerprint density at radius 3 is 2.55 bits per heavy atom. The first kappa shape index (κ1) is 20.7. The van der Waals surface area contributed by atoms with Crippen LogP contribution in [-0.4, -0.2) is 24.7 Å². The smallest absolute Gasteiger partial charge is 0.339 e. The minimum Gasteiger partial charge on any atom is -0.494 e. The molecule has 0 N–H and O–H groups in total. The normalized spacial score (nSPS) is 13.3. The van der Waals surface area contributed by atoms with Crippen LogP contribution in [0, 0.1) is 5.82 Å². The highest BCUT2D eigenvalue weighted by atomic mass is 19.1. The minimum absolute atomic E-state index is 0.0891. The SMILES string of the molecule is COc1ccc(C2=C(c3ccc(OCc4ccc5ccccc5n4)cc3)C(=O)OC2)cc1F. The van der Waals surface area contributed by atoms with Crippen molar-refractivity contribution < 1.29 is 23.4 Å². The number of ether oxygens (including phenoxy) is 3. The van der Waals surface area contributed by atoms with Crippen LogP contribution in [0.15, 0.2) is 78.9 Å². The molecule has 164 valence electrons. The molecule has 0 unspecified atom stereocenters. The summed E-state index contributed by atoms with van der Waals surface area (Å²) < 4.78 is 30.3. The fraction of sp³-hybridized carbons (Fsp3) is 0.111. The van der Waals surface area contributed by atoms with Crippen molar-refractivity contribution in [3.63, 3.8) is 0 Å². The van der Waals surface area contributed by atoms with Crippen LogP contribution in [0.4, 0.5) is 4.39 Å². The first-order valence-corrected chi connectivity index (χ1v) is 10.4. The van der Waals surface area contributed by atoms with Gasteiger partial charge in [-0.3, -0.25) is 0 Å². The molecule has 0 atom stereocenters. The molecule has 33 heavy (non-hydrogen) atoms. The molecule has 5 nitrogen and oxygen atoms in total. The zero-order chi connectivity index (χ0) is 22.8. The van der Waals surface area contributed by atoms with Gasteiger partial charge in [0.25, 0.3) is 0 Å². The molecular weight excluding hydrogens is 421 g/mol. The van der Waals surface area contributed by atoms with E-state index in [4.69, 9.17) is 14.2 Å². The van der Waals surface area contributed by atoms with Crippen LogP contribution in [-0.2, 0) is 16.1 Å². The van der Waals surface area contributed by atoms with Gasteiger partial charge in [0, 0.05) is 11.0 Å². The van der Waals surface area contributed by atoms with E-state index in [2.05, 4.69) is 4.98 Å². The van der Waals surface area contributed by atoms with Crippen molar-refractivity contribution in [1.29, 1.82) is 0 Å². The quantitative estimate of drug-likeness (QED) is 0.374. The van der Waals surface area contributed by atoms with E-state index in [0.29, 0.717) is 34.6 Å². The van der Waals surface area contributed by atoms with Gasteiger partial charge in [-0.2, -0.15) is 0 Å². The van der Waals surface area contributed by atoms with Gasteiger partial charge in [-0.25, -0.2) is 14.2 Å². The van der Waals surface area contributed by atoms with E-state index in [9.17, 15) is 9.18 Å². The number of esters is 1. The Labute approximate surface area is 190 Å². The number of rotatable bonds is 6. The Morgan fingerprint density at radius 1 is 0.970 bits per heavy atom. The number of pyridine rings is 1. The number of carbonyl (C=O) groups is 1. The summed E-state index contributed by atoms with van der Waals surface area (Å²) in [6, 6.07) is 23.7. The number of cyclic esters (lactones) is 1. The first-order valence-electron chi connectivity index (χ1n) is 10.4. The molecule has 1 aromatic heterocycles. The Kier molecular flexibility index (Phi) is 5.48. The fourth-order valence-electron chi connectivity index (χ4n) is 3.84. The second-order valence-corrected chi connectivity index (χ2v) is 7.59. The van der Waals surface area contributed by atoms with E-state index < -0.39 is 11.8 Å². The lowest BCUT2D eigenvalue weighted by Gasteiger charge is -2.09. The third kappa shape index (κ3) is 4.15. The van der Waals surface area contributed by atoms with Crippen molar-refractivity contribution in [1.82, 2.24) is 4.98 Å². The summed E-state index contributed by atoms with van der Waals surface area (Å²) in [6.07, 6.45) is 0. The average molecular weight is 441 g/mol. The summed E-state index contributed by atoms with van der Waals surface area (Å²) in [4.78, 5) is 17.0. The van der Waals surface area contributed by atoms with Gasteiger partial charge >= 0.3 is 5.97 Å². The number of nitrogens with zero attached hydrogens (tertiary/aromatic N) is 1. The van der Waals surface area contributed by atoms with E-state index in [1.54, 1.807) is 30.3 Å². The van der Waals surface area contributed by atoms with Gasteiger partial charge < -0.3 is 14.2 Å². The maximum atomic E-state index is 14.2. The van der Waals surface area contributed by atoms with Gasteiger partial charge in [0.15, 0.2) is 11.6 Å². The molecule has 1 aliphatic heterocycles. The first-order chi connectivity index (χ1) is 16.1. The zero-order valence-electron chi connectivity index (χ0n) is 17.9. The summed E-state index contributed by atoms with van der Waals surface area (Å²) in [5.74, 6) is -0.131. The van der Waals surface area contributed by atoms with Crippen LogP contribution in [0.3, 0.4) is 0 Å². The fourth-order valence-corrected chi connectivity index (χ4v) is 3.84. The average Bonchev–Trinajstić information content (AvgIpc) is 3.24. The molecule has 6 heteroatoms. The van der Waals surface area contributed by atoms with Crippen LogP contribution < -0.4 is 9.47 Å². The van der Waals surface area contributed by atoms with E-state index in [1.165, 1.54) is 19.2 Å². The molecule has 4 aromatic rings. The molecule has 0 bridgehead atoms. The van der Waals surface area contributed by atoms with Gasteiger partial charge in [-0.15, -0.1) is 0 Å². The van der Waals surface area contributed by atoms with Crippen molar-refractivity contribution in [2.45, 2.75) is 6.61 Å². The number of aromatic nitrogens is 1. The number of methoxy groups -OCH3 is 1. The molecule has 0 amide bonds. The molecule has 0 radical (unpaired) electrons. The van der Waals surface area contributed by atoms with Gasteiger partial charge in [-0.05, 0) is 47.5 Å². The van der Waals surface area contributed by atoms with Crippen LogP contribution in [0.2, 0.25) is 0 Å². The van der Waals surface area contributed by atoms with E-state index in [-0.39, 0.29) is 12.4 Å². The summed E-state index contributed by atoms with van der Waals surface area (Å²) in [6.45, 7) is 0.414. The van der Waals surface area contributed by atoms with Crippen molar-refractivity contribution in [3.8, 4) is 11.5 Å². The number of benzene rings is 3. The molecule has 0 spiro atoms. The number of carbonyl (C=O) groups excluding carboxylic acids is 1. The zero-order valence-corrected chi connectivity index (χ0v) is 17.9. The van der Waals surface area contributed by atoms with Crippen LogP contribution in [0.1, 0.15) is 16.8 Å². The summed E-state index contributed by atoms with van der Waals surface area (Å²) in [5, 5.41) is 1.08. The molecule has 1 aliphatic rings. The summed E-state index contributed by atoms with van der Waals surface area (Å²) in [5.41, 5.74) is 4.06. The Balaban J connectivity index is 1.36. The highest BCUT2D eigenvalue weighted by Crippen LogP contribution is 2.35. The van der Waals surface area contributed by atoms with Gasteiger partial charge in [0.1, 0.15) is 19.0 Å². The highest BCUT2D eigenvalue weighted by Gasteiger charge is 2.27. The van der Waals surface area contributed by atoms with E-state index in [0.717, 1.165) is 16.6 Å². The second kappa shape index (κ2) is 8.74. The lowest BCUT2D eigenvalue weighted by Crippen LogP contribution is -2.00. The van der Waals surface area contributed by atoms with Crippen LogP contribution >= 0.6 is 0 Å². The monoisotopic (exact) mass is 441 g/mol. The number of hydrogen-bond acceptors (Lipinski definition) is 5. The van der Waals surface area contributed by atoms with Gasteiger partial charge in [0.05, 0.1) is 23.9 Å².